The zero-order valence-corrected chi connectivity index (χ0v) is 12.5. The van der Waals surface area contributed by atoms with E-state index in [4.69, 9.17) is 5.73 Å². The van der Waals surface area contributed by atoms with Crippen molar-refractivity contribution in [3.8, 4) is 0 Å². The molecule has 4 bridgehead atoms. The van der Waals surface area contributed by atoms with E-state index in [1.165, 1.54) is 32.1 Å². The Labute approximate surface area is 119 Å². The summed E-state index contributed by atoms with van der Waals surface area (Å²) < 4.78 is 4.08. The van der Waals surface area contributed by atoms with Gasteiger partial charge in [0.1, 0.15) is 5.69 Å². The number of rotatable bonds is 2. The van der Waals surface area contributed by atoms with Crippen LogP contribution in [-0.4, -0.2) is 9.36 Å². The summed E-state index contributed by atoms with van der Waals surface area (Å²) in [6, 6.07) is 0.405. The van der Waals surface area contributed by atoms with Crippen molar-refractivity contribution >= 4 is 5.69 Å². The van der Waals surface area contributed by atoms with Crippen molar-refractivity contribution in [3.05, 3.63) is 16.0 Å². The molecule has 5 rings (SSSR count). The van der Waals surface area contributed by atoms with Gasteiger partial charge in [0, 0.05) is 7.05 Å². The molecule has 0 atom stereocenters. The Bertz CT molecular complexity index is 570. The van der Waals surface area contributed by atoms with E-state index in [1.807, 2.05) is 11.7 Å². The Hall–Kier alpha value is -1.19. The maximum Gasteiger partial charge on any atom is 0.290 e. The molecular weight excluding hydrogens is 250 g/mol. The fraction of sp³-hybridized carbons (Fsp3) is 0.812. The number of nitrogen functional groups attached to an aromatic ring is 1. The van der Waals surface area contributed by atoms with Gasteiger partial charge in [-0.25, -0.2) is 4.68 Å². The Kier molecular flexibility index (Phi) is 2.60. The van der Waals surface area contributed by atoms with Gasteiger partial charge in [-0.05, 0) is 62.2 Å². The van der Waals surface area contributed by atoms with Gasteiger partial charge in [0.2, 0.25) is 0 Å². The summed E-state index contributed by atoms with van der Waals surface area (Å²) in [6.45, 7) is 2.08. The van der Waals surface area contributed by atoms with Crippen LogP contribution in [0, 0.1) is 23.7 Å². The smallest absolute Gasteiger partial charge is 0.290 e. The third-order valence-corrected chi connectivity index (χ3v) is 6.26. The second kappa shape index (κ2) is 4.15. The minimum absolute atomic E-state index is 0.0572. The van der Waals surface area contributed by atoms with Gasteiger partial charge < -0.3 is 5.73 Å². The Balaban J connectivity index is 1.80. The maximum atomic E-state index is 12.6. The molecule has 4 saturated carbocycles. The molecule has 0 aliphatic heterocycles. The minimum Gasteiger partial charge on any atom is -0.393 e. The van der Waals surface area contributed by atoms with Crippen LogP contribution in [0.4, 0.5) is 5.69 Å². The first-order valence-corrected chi connectivity index (χ1v) is 8.16. The van der Waals surface area contributed by atoms with Crippen LogP contribution in [-0.2, 0) is 13.5 Å². The van der Waals surface area contributed by atoms with Crippen molar-refractivity contribution < 1.29 is 0 Å². The first kappa shape index (κ1) is 12.5. The number of nitrogens with zero attached hydrogens (tertiary/aromatic N) is 2. The number of aromatic nitrogens is 2. The highest BCUT2D eigenvalue weighted by molar-refractivity contribution is 5.41. The largest absolute Gasteiger partial charge is 0.393 e. The average Bonchev–Trinajstić information content (AvgIpc) is 2.61. The van der Waals surface area contributed by atoms with E-state index in [1.54, 1.807) is 0 Å². The zero-order chi connectivity index (χ0) is 14.0. The third kappa shape index (κ3) is 1.51. The van der Waals surface area contributed by atoms with Gasteiger partial charge in [0.15, 0.2) is 0 Å². The number of hydrogen-bond acceptors (Lipinski definition) is 2. The van der Waals surface area contributed by atoms with Gasteiger partial charge in [-0.3, -0.25) is 9.48 Å². The lowest BCUT2D eigenvalue weighted by molar-refractivity contribution is -0.0388. The number of anilines is 1. The SMILES string of the molecule is CCc1c(N)c(=O)n(C2C3CC4CC(C3)CC2C4)n1C. The summed E-state index contributed by atoms with van der Waals surface area (Å²) in [4.78, 5) is 12.6. The lowest BCUT2D eigenvalue weighted by Crippen LogP contribution is -2.49. The van der Waals surface area contributed by atoms with E-state index < -0.39 is 0 Å². The molecular formula is C16H25N3O. The average molecular weight is 275 g/mol. The molecule has 0 saturated heterocycles. The van der Waals surface area contributed by atoms with Crippen LogP contribution < -0.4 is 11.3 Å². The Morgan fingerprint density at radius 3 is 2.10 bits per heavy atom. The highest BCUT2D eigenvalue weighted by Gasteiger charge is 2.50. The Morgan fingerprint density at radius 1 is 1.10 bits per heavy atom. The molecule has 0 aromatic carbocycles. The summed E-state index contributed by atoms with van der Waals surface area (Å²) in [6.07, 6.45) is 7.60. The fourth-order valence-corrected chi connectivity index (χ4v) is 5.74. The van der Waals surface area contributed by atoms with Crippen molar-refractivity contribution in [1.82, 2.24) is 9.36 Å². The summed E-state index contributed by atoms with van der Waals surface area (Å²) in [7, 11) is 2.02. The summed E-state index contributed by atoms with van der Waals surface area (Å²) in [5, 5.41) is 0. The van der Waals surface area contributed by atoms with Gasteiger partial charge in [0.25, 0.3) is 5.56 Å². The Morgan fingerprint density at radius 2 is 1.65 bits per heavy atom. The number of hydrogen-bond donors (Lipinski definition) is 1. The van der Waals surface area contributed by atoms with E-state index in [0.29, 0.717) is 23.6 Å². The fourth-order valence-electron chi connectivity index (χ4n) is 5.74. The lowest BCUT2D eigenvalue weighted by Gasteiger charge is -2.54. The van der Waals surface area contributed by atoms with Crippen LogP contribution in [0.15, 0.2) is 4.79 Å². The van der Waals surface area contributed by atoms with Crippen LogP contribution in [0.3, 0.4) is 0 Å². The van der Waals surface area contributed by atoms with E-state index in [9.17, 15) is 4.79 Å². The van der Waals surface area contributed by atoms with E-state index in [-0.39, 0.29) is 5.56 Å². The molecule has 4 nitrogen and oxygen atoms in total. The van der Waals surface area contributed by atoms with Gasteiger partial charge in [-0.1, -0.05) is 6.92 Å². The molecule has 0 unspecified atom stereocenters. The van der Waals surface area contributed by atoms with Crippen LogP contribution in [0.2, 0.25) is 0 Å². The van der Waals surface area contributed by atoms with Crippen molar-refractivity contribution in [2.24, 2.45) is 30.7 Å². The molecule has 1 aromatic rings. The molecule has 20 heavy (non-hydrogen) atoms. The van der Waals surface area contributed by atoms with Gasteiger partial charge in [-0.2, -0.15) is 0 Å². The molecule has 4 aliphatic carbocycles. The number of nitrogens with two attached hydrogens (primary N) is 1. The molecule has 2 N–H and O–H groups in total. The molecule has 4 aliphatic rings. The van der Waals surface area contributed by atoms with Crippen LogP contribution >= 0.6 is 0 Å². The van der Waals surface area contributed by atoms with Crippen LogP contribution in [0.5, 0.6) is 0 Å². The standard InChI is InChI=1S/C16H25N3O/c1-3-13-14(17)16(20)19(18(13)2)15-11-5-9-4-10(7-11)8-12(15)6-9/h9-12,15H,3-8,17H2,1-2H3. The van der Waals surface area contributed by atoms with E-state index in [0.717, 1.165) is 24.0 Å². The first-order valence-electron chi connectivity index (χ1n) is 8.16. The maximum absolute atomic E-state index is 12.6. The van der Waals surface area contributed by atoms with Gasteiger partial charge in [0.05, 0.1) is 11.7 Å². The predicted octanol–water partition coefficient (Wildman–Crippen LogP) is 2.33. The quantitative estimate of drug-likeness (QED) is 0.900. The normalized spacial score (nSPS) is 38.6. The summed E-state index contributed by atoms with van der Waals surface area (Å²) >= 11 is 0. The van der Waals surface area contributed by atoms with Crippen molar-refractivity contribution in [1.29, 1.82) is 0 Å². The molecule has 4 heteroatoms. The molecule has 0 amide bonds. The van der Waals surface area contributed by atoms with Crippen LogP contribution in [0.25, 0.3) is 0 Å². The predicted molar refractivity (Wildman–Crippen MR) is 79.5 cm³/mol. The zero-order valence-electron chi connectivity index (χ0n) is 12.5. The van der Waals surface area contributed by atoms with Crippen molar-refractivity contribution in [2.45, 2.75) is 51.5 Å². The molecule has 1 heterocycles. The van der Waals surface area contributed by atoms with E-state index >= 15 is 0 Å². The monoisotopic (exact) mass is 275 g/mol. The molecule has 4 fully saturated rings. The first-order chi connectivity index (χ1) is 9.60. The third-order valence-electron chi connectivity index (χ3n) is 6.26. The highest BCUT2D eigenvalue weighted by Crippen LogP contribution is 2.58. The van der Waals surface area contributed by atoms with Gasteiger partial charge >= 0.3 is 0 Å². The molecule has 1 aromatic heterocycles. The molecule has 110 valence electrons. The van der Waals surface area contributed by atoms with Crippen molar-refractivity contribution in [3.63, 3.8) is 0 Å². The summed E-state index contributed by atoms with van der Waals surface area (Å²) in [5.74, 6) is 3.30. The summed E-state index contributed by atoms with van der Waals surface area (Å²) in [5.41, 5.74) is 7.59. The van der Waals surface area contributed by atoms with Crippen molar-refractivity contribution in [2.75, 3.05) is 5.73 Å². The minimum atomic E-state index is 0.0572. The second-order valence-electron chi connectivity index (χ2n) is 7.31. The highest BCUT2D eigenvalue weighted by atomic mass is 16.1. The molecule has 0 radical (unpaired) electrons. The topological polar surface area (TPSA) is 53.0 Å². The second-order valence-corrected chi connectivity index (χ2v) is 7.31. The van der Waals surface area contributed by atoms with Crippen LogP contribution in [0.1, 0.15) is 50.8 Å². The lowest BCUT2D eigenvalue weighted by atomic mass is 9.54. The molecule has 0 spiro atoms. The van der Waals surface area contributed by atoms with Gasteiger partial charge in [-0.15, -0.1) is 0 Å². The van der Waals surface area contributed by atoms with E-state index in [2.05, 4.69) is 11.6 Å².